The number of aliphatic imine (C=N–C) groups is 1. The number of benzene rings is 3. The molecule has 162 valence electrons. The van der Waals surface area contributed by atoms with Gasteiger partial charge in [-0.25, -0.2) is 0 Å². The number of ether oxygens (including phenoxy) is 2. The van der Waals surface area contributed by atoms with Crippen molar-refractivity contribution in [3.05, 3.63) is 94.0 Å². The fourth-order valence-corrected chi connectivity index (χ4v) is 5.42. The molecule has 0 aromatic heterocycles. The van der Waals surface area contributed by atoms with Crippen molar-refractivity contribution in [3.63, 3.8) is 0 Å². The van der Waals surface area contributed by atoms with E-state index in [0.29, 0.717) is 29.4 Å². The van der Waals surface area contributed by atoms with Crippen LogP contribution in [0, 0.1) is 5.92 Å². The van der Waals surface area contributed by atoms with Crippen molar-refractivity contribution in [3.8, 4) is 11.5 Å². The minimum atomic E-state index is 0.296. The molecule has 1 heterocycles. The van der Waals surface area contributed by atoms with Gasteiger partial charge in [-0.05, 0) is 75.3 Å². The third kappa shape index (κ3) is 3.82. The van der Waals surface area contributed by atoms with Gasteiger partial charge >= 0.3 is 0 Å². The summed E-state index contributed by atoms with van der Waals surface area (Å²) in [5.41, 5.74) is 5.79. The van der Waals surface area contributed by atoms with Gasteiger partial charge in [0.2, 0.25) is 0 Å². The Labute approximate surface area is 197 Å². The van der Waals surface area contributed by atoms with Gasteiger partial charge < -0.3 is 14.8 Å². The number of rotatable bonds is 5. The standard InChI is InChI=1S/C27H25BrN2O2/c1-31-25-15-17(14-23(28)27(25)32-2)16-29-19-12-10-18(11-13-19)26-22-8-5-7-20(22)21-6-3-4-9-24(21)30-26/h3-7,9-16,20,22,26,30H,8H2,1-2H3/t20-,22+,26-/m0/s1. The highest BCUT2D eigenvalue weighted by Gasteiger charge is 2.37. The van der Waals surface area contributed by atoms with E-state index in [1.165, 1.54) is 16.8 Å². The summed E-state index contributed by atoms with van der Waals surface area (Å²) in [5, 5.41) is 3.78. The first-order chi connectivity index (χ1) is 15.7. The van der Waals surface area contributed by atoms with Gasteiger partial charge in [0.1, 0.15) is 0 Å². The molecule has 0 unspecified atom stereocenters. The summed E-state index contributed by atoms with van der Waals surface area (Å²) in [6, 6.07) is 21.4. The molecule has 2 aliphatic rings. The largest absolute Gasteiger partial charge is 0.493 e. The van der Waals surface area contributed by atoms with Gasteiger partial charge in [-0.15, -0.1) is 0 Å². The lowest BCUT2D eigenvalue weighted by Gasteiger charge is -2.37. The van der Waals surface area contributed by atoms with Gasteiger partial charge in [-0.2, -0.15) is 0 Å². The minimum Gasteiger partial charge on any atom is -0.493 e. The number of fused-ring (bicyclic) bond motifs is 3. The summed E-state index contributed by atoms with van der Waals surface area (Å²) in [4.78, 5) is 4.66. The summed E-state index contributed by atoms with van der Waals surface area (Å²) in [7, 11) is 3.26. The predicted octanol–water partition coefficient (Wildman–Crippen LogP) is 7.04. The zero-order valence-corrected chi connectivity index (χ0v) is 19.7. The highest BCUT2D eigenvalue weighted by molar-refractivity contribution is 9.10. The van der Waals surface area contributed by atoms with Crippen molar-refractivity contribution >= 4 is 33.5 Å². The smallest absolute Gasteiger partial charge is 0.174 e. The molecule has 1 N–H and O–H groups in total. The fourth-order valence-electron chi connectivity index (χ4n) is 4.80. The molecule has 5 rings (SSSR count). The third-order valence-electron chi connectivity index (χ3n) is 6.34. The maximum Gasteiger partial charge on any atom is 0.174 e. The SMILES string of the molecule is COc1cc(C=Nc2ccc([C@@H]3Nc4ccccc4[C@@H]4C=CC[C@H]43)cc2)cc(Br)c1OC. The van der Waals surface area contributed by atoms with Crippen molar-refractivity contribution < 1.29 is 9.47 Å². The molecule has 3 atom stereocenters. The normalized spacial score (nSPS) is 21.2. The van der Waals surface area contributed by atoms with Crippen molar-refractivity contribution in [2.24, 2.45) is 10.9 Å². The van der Waals surface area contributed by atoms with Crippen molar-refractivity contribution in [2.45, 2.75) is 18.4 Å². The highest BCUT2D eigenvalue weighted by Crippen LogP contribution is 2.49. The first-order valence-corrected chi connectivity index (χ1v) is 11.5. The Hall–Kier alpha value is -3.05. The second-order valence-electron chi connectivity index (χ2n) is 8.15. The molecule has 1 aliphatic carbocycles. The minimum absolute atomic E-state index is 0.296. The summed E-state index contributed by atoms with van der Waals surface area (Å²) < 4.78 is 11.6. The van der Waals surface area contributed by atoms with E-state index in [2.05, 4.69) is 86.9 Å². The first-order valence-electron chi connectivity index (χ1n) is 10.8. The number of anilines is 1. The molecule has 0 amide bonds. The monoisotopic (exact) mass is 488 g/mol. The second kappa shape index (κ2) is 8.83. The summed E-state index contributed by atoms with van der Waals surface area (Å²) in [6.07, 6.45) is 7.64. The molecule has 0 fully saturated rings. The third-order valence-corrected chi connectivity index (χ3v) is 6.93. The molecule has 4 nitrogen and oxygen atoms in total. The summed E-state index contributed by atoms with van der Waals surface area (Å²) in [6.45, 7) is 0. The van der Waals surface area contributed by atoms with E-state index in [0.717, 1.165) is 22.1 Å². The van der Waals surface area contributed by atoms with Crippen LogP contribution in [0.5, 0.6) is 11.5 Å². The van der Waals surface area contributed by atoms with E-state index < -0.39 is 0 Å². The van der Waals surface area contributed by atoms with Crippen molar-refractivity contribution in [1.29, 1.82) is 0 Å². The molecule has 0 spiro atoms. The summed E-state index contributed by atoms with van der Waals surface area (Å²) in [5.74, 6) is 2.37. The van der Waals surface area contributed by atoms with Crippen LogP contribution < -0.4 is 14.8 Å². The molecule has 1 aliphatic heterocycles. The van der Waals surface area contributed by atoms with Crippen LogP contribution in [0.15, 0.2) is 82.3 Å². The maximum absolute atomic E-state index is 5.42. The van der Waals surface area contributed by atoms with E-state index in [-0.39, 0.29) is 0 Å². The Morgan fingerprint density at radius 1 is 1.03 bits per heavy atom. The number of methoxy groups -OCH3 is 2. The average molecular weight is 489 g/mol. The fraction of sp³-hybridized carbons (Fsp3) is 0.222. The quantitative estimate of drug-likeness (QED) is 0.309. The lowest BCUT2D eigenvalue weighted by molar-refractivity contribution is 0.353. The molecular formula is C27H25BrN2O2. The Bertz CT molecular complexity index is 1190. The lowest BCUT2D eigenvalue weighted by Crippen LogP contribution is -2.28. The number of nitrogens with one attached hydrogen (secondary N) is 1. The summed E-state index contributed by atoms with van der Waals surface area (Å²) >= 11 is 3.53. The lowest BCUT2D eigenvalue weighted by atomic mass is 9.77. The van der Waals surface area contributed by atoms with Crippen LogP contribution in [0.3, 0.4) is 0 Å². The first kappa shape index (κ1) is 20.8. The van der Waals surface area contributed by atoms with Crippen LogP contribution >= 0.6 is 15.9 Å². The Morgan fingerprint density at radius 2 is 1.84 bits per heavy atom. The van der Waals surface area contributed by atoms with Crippen LogP contribution in [-0.2, 0) is 0 Å². The molecular weight excluding hydrogens is 464 g/mol. The van der Waals surface area contributed by atoms with Crippen LogP contribution in [-0.4, -0.2) is 20.4 Å². The van der Waals surface area contributed by atoms with Gasteiger partial charge in [-0.3, -0.25) is 4.99 Å². The molecule has 0 saturated carbocycles. The van der Waals surface area contributed by atoms with Gasteiger partial charge in [0.25, 0.3) is 0 Å². The van der Waals surface area contributed by atoms with Crippen molar-refractivity contribution in [1.82, 2.24) is 0 Å². The van der Waals surface area contributed by atoms with Gasteiger partial charge in [-0.1, -0.05) is 42.5 Å². The Kier molecular flexibility index (Phi) is 5.75. The highest BCUT2D eigenvalue weighted by atomic mass is 79.9. The van der Waals surface area contributed by atoms with Crippen LogP contribution in [0.25, 0.3) is 0 Å². The van der Waals surface area contributed by atoms with E-state index in [1.54, 1.807) is 14.2 Å². The number of allylic oxidation sites excluding steroid dienone is 2. The van der Waals surface area contributed by atoms with Crippen LogP contribution in [0.4, 0.5) is 11.4 Å². The predicted molar refractivity (Wildman–Crippen MR) is 134 cm³/mol. The molecule has 5 heteroatoms. The number of para-hydroxylation sites is 1. The number of nitrogens with zero attached hydrogens (tertiary/aromatic N) is 1. The molecule has 0 saturated heterocycles. The zero-order chi connectivity index (χ0) is 22.1. The molecule has 0 radical (unpaired) electrons. The topological polar surface area (TPSA) is 42.8 Å². The molecule has 32 heavy (non-hydrogen) atoms. The van der Waals surface area contributed by atoms with Crippen molar-refractivity contribution in [2.75, 3.05) is 19.5 Å². The van der Waals surface area contributed by atoms with E-state index in [9.17, 15) is 0 Å². The average Bonchev–Trinajstić information content (AvgIpc) is 3.32. The van der Waals surface area contributed by atoms with Gasteiger partial charge in [0.05, 0.1) is 30.4 Å². The van der Waals surface area contributed by atoms with E-state index >= 15 is 0 Å². The molecule has 3 aromatic carbocycles. The van der Waals surface area contributed by atoms with Gasteiger partial charge in [0.15, 0.2) is 11.5 Å². The van der Waals surface area contributed by atoms with Crippen LogP contribution in [0.2, 0.25) is 0 Å². The Morgan fingerprint density at radius 3 is 2.62 bits per heavy atom. The number of halogens is 1. The molecule has 3 aromatic rings. The Balaban J connectivity index is 1.37. The van der Waals surface area contributed by atoms with E-state index in [4.69, 9.17) is 9.47 Å². The van der Waals surface area contributed by atoms with Gasteiger partial charge in [0, 0.05) is 17.8 Å². The number of hydrogen-bond donors (Lipinski definition) is 1. The number of hydrogen-bond acceptors (Lipinski definition) is 4. The maximum atomic E-state index is 5.42. The second-order valence-corrected chi connectivity index (χ2v) is 9.01. The van der Waals surface area contributed by atoms with E-state index in [1.807, 2.05) is 18.3 Å². The molecule has 0 bridgehead atoms. The zero-order valence-electron chi connectivity index (χ0n) is 18.1. The van der Waals surface area contributed by atoms with Crippen LogP contribution in [0.1, 0.15) is 35.1 Å².